The minimum atomic E-state index is -0.828. The number of nitrogens with one attached hydrogen (secondary N) is 4. The Balaban J connectivity index is 1.32. The molecule has 4 N–H and O–H groups in total. The summed E-state index contributed by atoms with van der Waals surface area (Å²) in [4.78, 5) is 44.6. The summed E-state index contributed by atoms with van der Waals surface area (Å²) in [5.74, 6) is 2.20. The molecule has 14 heteroatoms. The molecule has 1 aromatic heterocycles. The summed E-state index contributed by atoms with van der Waals surface area (Å²) in [5.41, 5.74) is 2.77. The van der Waals surface area contributed by atoms with Crippen LogP contribution in [0.4, 0.5) is 11.6 Å². The standard InChI is InChI=1S/C37H42N6O8/c1-7-19(2)32(36(46)41-37-40-35(42-43-37)30-18-50-27-10-8-9-11-28(27)51-30)39-25-15-13-22-23(17-26(25)45)24(38-20(3)44)14-12-21-16-29(47-4)33(48-5)34(49-6)31(21)22/h8-11,13,15-17,19,24,30,32H,7,12,14,18H2,1-6H3,(H,38,44)(H,39,45)(H2,40,41,42,43,46)/t19-,24+,30-,32+/m1/s1. The Hall–Kier alpha value is -5.79. The van der Waals surface area contributed by atoms with Gasteiger partial charge in [-0.2, -0.15) is 4.98 Å². The van der Waals surface area contributed by atoms with Crippen molar-refractivity contribution in [1.29, 1.82) is 0 Å². The van der Waals surface area contributed by atoms with Gasteiger partial charge in [-0.05, 0) is 65.8 Å². The van der Waals surface area contributed by atoms with Gasteiger partial charge in [0.1, 0.15) is 12.6 Å². The number of rotatable bonds is 11. The van der Waals surface area contributed by atoms with Crippen molar-refractivity contribution in [2.45, 2.75) is 58.2 Å². The van der Waals surface area contributed by atoms with Crippen LogP contribution in [0, 0.1) is 5.92 Å². The maximum atomic E-state index is 14.0. The van der Waals surface area contributed by atoms with Crippen molar-refractivity contribution in [3.05, 3.63) is 75.7 Å². The lowest BCUT2D eigenvalue weighted by Gasteiger charge is -2.24. The van der Waals surface area contributed by atoms with Crippen molar-refractivity contribution in [2.75, 3.05) is 38.6 Å². The van der Waals surface area contributed by atoms with Gasteiger partial charge >= 0.3 is 0 Å². The molecule has 2 amide bonds. The monoisotopic (exact) mass is 698 g/mol. The zero-order valence-electron chi connectivity index (χ0n) is 29.4. The highest BCUT2D eigenvalue weighted by atomic mass is 16.6. The number of fused-ring (bicyclic) bond motifs is 4. The van der Waals surface area contributed by atoms with Gasteiger partial charge in [0.15, 0.2) is 34.9 Å². The van der Waals surface area contributed by atoms with Crippen molar-refractivity contribution >= 4 is 23.5 Å². The molecule has 51 heavy (non-hydrogen) atoms. The second-order valence-corrected chi connectivity index (χ2v) is 12.5. The van der Waals surface area contributed by atoms with Crippen LogP contribution in [0.3, 0.4) is 0 Å². The van der Waals surface area contributed by atoms with Gasteiger partial charge in [-0.25, -0.2) is 0 Å². The lowest BCUT2D eigenvalue weighted by Crippen LogP contribution is -2.41. The fourth-order valence-corrected chi connectivity index (χ4v) is 6.51. The summed E-state index contributed by atoms with van der Waals surface area (Å²) in [7, 11) is 4.63. The third-order valence-corrected chi connectivity index (χ3v) is 9.27. The molecule has 0 saturated carbocycles. The van der Waals surface area contributed by atoms with Crippen molar-refractivity contribution in [1.82, 2.24) is 20.5 Å². The first-order chi connectivity index (χ1) is 24.6. The van der Waals surface area contributed by atoms with Gasteiger partial charge < -0.3 is 34.3 Å². The molecule has 4 atom stereocenters. The van der Waals surface area contributed by atoms with E-state index < -0.39 is 24.1 Å². The number of ether oxygens (including phenoxy) is 5. The van der Waals surface area contributed by atoms with Gasteiger partial charge in [-0.15, -0.1) is 5.10 Å². The van der Waals surface area contributed by atoms with Gasteiger partial charge in [0.05, 0.1) is 33.1 Å². The number of aromatic nitrogens is 3. The smallest absolute Gasteiger partial charge is 0.249 e. The first kappa shape index (κ1) is 35.1. The predicted octanol–water partition coefficient (Wildman–Crippen LogP) is 4.96. The van der Waals surface area contributed by atoms with Crippen LogP contribution in [-0.4, -0.2) is 61.0 Å². The molecule has 1 aliphatic carbocycles. The number of amides is 2. The van der Waals surface area contributed by atoms with Crippen molar-refractivity contribution in [2.24, 2.45) is 5.92 Å². The van der Waals surface area contributed by atoms with Gasteiger partial charge in [-0.3, -0.25) is 24.8 Å². The van der Waals surface area contributed by atoms with Crippen LogP contribution in [-0.2, 0) is 16.0 Å². The van der Waals surface area contributed by atoms with Crippen LogP contribution < -0.4 is 45.1 Å². The maximum Gasteiger partial charge on any atom is 0.249 e. The first-order valence-electron chi connectivity index (χ1n) is 16.8. The molecule has 1 aliphatic heterocycles. The van der Waals surface area contributed by atoms with Crippen LogP contribution in [0.25, 0.3) is 11.1 Å². The Labute approximate surface area is 295 Å². The number of carbonyl (C=O) groups excluding carboxylic acids is 2. The van der Waals surface area contributed by atoms with E-state index in [2.05, 4.69) is 31.1 Å². The minimum absolute atomic E-state index is 0.0615. The molecule has 0 unspecified atom stereocenters. The van der Waals surface area contributed by atoms with Gasteiger partial charge in [0, 0.05) is 12.5 Å². The molecule has 2 heterocycles. The van der Waals surface area contributed by atoms with E-state index in [-0.39, 0.29) is 35.5 Å². The zero-order valence-corrected chi connectivity index (χ0v) is 29.4. The molecule has 14 nitrogen and oxygen atoms in total. The van der Waals surface area contributed by atoms with E-state index in [4.69, 9.17) is 23.7 Å². The summed E-state index contributed by atoms with van der Waals surface area (Å²) in [5, 5.41) is 16.0. The number of aryl methyl sites for hydroxylation is 1. The number of hydrogen-bond acceptors (Lipinski definition) is 11. The fraction of sp³-hybridized carbons (Fsp3) is 0.378. The summed E-state index contributed by atoms with van der Waals surface area (Å²) in [6.07, 6.45) is 1.18. The number of anilines is 2. The number of aromatic amines is 1. The van der Waals surface area contributed by atoms with Crippen LogP contribution in [0.2, 0.25) is 0 Å². The molecule has 0 radical (unpaired) electrons. The highest BCUT2D eigenvalue weighted by Gasteiger charge is 2.31. The molecule has 2 aliphatic rings. The summed E-state index contributed by atoms with van der Waals surface area (Å²) in [6.45, 7) is 5.54. The topological polar surface area (TPSA) is 175 Å². The quantitative estimate of drug-likeness (QED) is 0.167. The number of benzene rings is 2. The molecule has 3 aromatic carbocycles. The number of carbonyl (C=O) groups is 2. The van der Waals surface area contributed by atoms with E-state index in [1.807, 2.05) is 44.2 Å². The molecule has 268 valence electrons. The van der Waals surface area contributed by atoms with Crippen LogP contribution in [0.1, 0.15) is 62.7 Å². The first-order valence-corrected chi connectivity index (χ1v) is 16.8. The largest absolute Gasteiger partial charge is 0.493 e. The number of nitrogens with zero attached hydrogens (tertiary/aromatic N) is 2. The molecule has 0 fully saturated rings. The van der Waals surface area contributed by atoms with Crippen molar-refractivity contribution in [3.8, 4) is 39.9 Å². The normalized spacial score (nSPS) is 17.1. The zero-order chi connectivity index (χ0) is 36.2. The van der Waals surface area contributed by atoms with Crippen molar-refractivity contribution in [3.63, 3.8) is 0 Å². The van der Waals surface area contributed by atoms with Crippen LogP contribution in [0.15, 0.2) is 53.3 Å². The van der Waals surface area contributed by atoms with E-state index in [0.717, 1.165) is 11.1 Å². The maximum absolute atomic E-state index is 14.0. The summed E-state index contributed by atoms with van der Waals surface area (Å²) < 4.78 is 29.0. The van der Waals surface area contributed by atoms with E-state index in [1.54, 1.807) is 26.4 Å². The lowest BCUT2D eigenvalue weighted by molar-refractivity contribution is -0.120. The molecular formula is C37H42N6O8. The highest BCUT2D eigenvalue weighted by molar-refractivity contribution is 5.95. The van der Waals surface area contributed by atoms with Crippen LogP contribution in [0.5, 0.6) is 28.7 Å². The van der Waals surface area contributed by atoms with Crippen LogP contribution >= 0.6 is 0 Å². The van der Waals surface area contributed by atoms with Gasteiger partial charge in [-0.1, -0.05) is 38.5 Å². The SMILES string of the molecule is CC[C@@H](C)[C@H](Nc1ccc2c(cc1=O)[C@@H](NC(C)=O)CCc1cc(OC)c(OC)c(OC)c1-2)C(=O)Nc1n[nH]c([C@H]2COc3ccccc3O2)n1. The Kier molecular flexibility index (Phi) is 10.3. The minimum Gasteiger partial charge on any atom is -0.493 e. The average molecular weight is 699 g/mol. The van der Waals surface area contributed by atoms with E-state index in [9.17, 15) is 14.4 Å². The summed E-state index contributed by atoms with van der Waals surface area (Å²) in [6, 6.07) is 12.9. The number of para-hydroxylation sites is 2. The van der Waals surface area contributed by atoms with Crippen molar-refractivity contribution < 1.29 is 33.3 Å². The highest BCUT2D eigenvalue weighted by Crippen LogP contribution is 2.50. The summed E-state index contributed by atoms with van der Waals surface area (Å²) >= 11 is 0. The molecule has 0 saturated heterocycles. The number of methoxy groups -OCH3 is 3. The lowest BCUT2D eigenvalue weighted by atomic mass is 9.95. The molecule has 6 rings (SSSR count). The Morgan fingerprint density at radius 2 is 1.80 bits per heavy atom. The van der Waals surface area contributed by atoms with Gasteiger partial charge in [0.2, 0.25) is 28.9 Å². The van der Waals surface area contributed by atoms with E-state index >= 15 is 0 Å². The third-order valence-electron chi connectivity index (χ3n) is 9.27. The Morgan fingerprint density at radius 1 is 1.04 bits per heavy atom. The predicted molar refractivity (Wildman–Crippen MR) is 190 cm³/mol. The average Bonchev–Trinajstić information content (AvgIpc) is 3.48. The van der Waals surface area contributed by atoms with E-state index in [0.29, 0.717) is 65.0 Å². The molecule has 0 spiro atoms. The third kappa shape index (κ3) is 7.12. The number of hydrogen-bond donors (Lipinski definition) is 4. The second kappa shape index (κ2) is 15.0. The molecule has 0 bridgehead atoms. The molecular weight excluding hydrogens is 656 g/mol. The molecule has 4 aromatic rings. The fourth-order valence-electron chi connectivity index (χ4n) is 6.51. The Bertz CT molecular complexity index is 2000. The second-order valence-electron chi connectivity index (χ2n) is 12.5. The van der Waals surface area contributed by atoms with Gasteiger partial charge in [0.25, 0.3) is 0 Å². The number of H-pyrrole nitrogens is 1. The van der Waals surface area contributed by atoms with E-state index in [1.165, 1.54) is 20.1 Å². The Morgan fingerprint density at radius 3 is 2.51 bits per heavy atom.